The van der Waals surface area contributed by atoms with Crippen LogP contribution in [0.4, 0.5) is 5.95 Å². The Hall–Kier alpha value is -2.07. The van der Waals surface area contributed by atoms with Gasteiger partial charge in [-0.3, -0.25) is 0 Å². The standard InChI is InChI=1S/C13H10ClN3O/c1-7-6-16-13(15)17-11(7)10-5-8-3-2-4-9(14)12(8)18-10/h2-6H,1H3,(H2,15,16,17). The lowest BCUT2D eigenvalue weighted by Crippen LogP contribution is -1.97. The van der Waals surface area contributed by atoms with Crippen molar-refractivity contribution in [2.45, 2.75) is 6.92 Å². The lowest BCUT2D eigenvalue weighted by atomic mass is 10.2. The molecule has 5 heteroatoms. The molecule has 0 aliphatic heterocycles. The molecule has 4 nitrogen and oxygen atoms in total. The van der Waals surface area contributed by atoms with Crippen molar-refractivity contribution in [2.24, 2.45) is 0 Å². The van der Waals surface area contributed by atoms with Gasteiger partial charge < -0.3 is 10.2 Å². The molecular formula is C13H10ClN3O. The molecule has 0 spiro atoms. The van der Waals surface area contributed by atoms with Crippen LogP contribution in [0.25, 0.3) is 22.4 Å². The van der Waals surface area contributed by atoms with E-state index in [1.807, 2.05) is 25.1 Å². The molecule has 0 saturated heterocycles. The van der Waals surface area contributed by atoms with Crippen molar-refractivity contribution in [2.75, 3.05) is 5.73 Å². The highest BCUT2D eigenvalue weighted by Crippen LogP contribution is 2.32. The molecule has 0 unspecified atom stereocenters. The van der Waals surface area contributed by atoms with Gasteiger partial charge in [-0.1, -0.05) is 23.7 Å². The second-order valence-corrected chi connectivity index (χ2v) is 4.44. The third kappa shape index (κ3) is 1.71. The first-order chi connectivity index (χ1) is 8.65. The molecule has 0 aliphatic carbocycles. The Labute approximate surface area is 108 Å². The average molecular weight is 260 g/mol. The van der Waals surface area contributed by atoms with Crippen molar-refractivity contribution in [3.8, 4) is 11.5 Å². The first-order valence-corrected chi connectivity index (χ1v) is 5.80. The zero-order chi connectivity index (χ0) is 12.7. The van der Waals surface area contributed by atoms with E-state index in [2.05, 4.69) is 9.97 Å². The summed E-state index contributed by atoms with van der Waals surface area (Å²) in [7, 11) is 0. The maximum absolute atomic E-state index is 6.08. The number of hydrogen-bond acceptors (Lipinski definition) is 4. The van der Waals surface area contributed by atoms with E-state index in [1.54, 1.807) is 12.3 Å². The fraction of sp³-hybridized carbons (Fsp3) is 0.0769. The van der Waals surface area contributed by atoms with Gasteiger partial charge in [0.1, 0.15) is 5.69 Å². The molecule has 0 saturated carbocycles. The summed E-state index contributed by atoms with van der Waals surface area (Å²) in [6.45, 7) is 1.91. The number of nitrogens with zero attached hydrogens (tertiary/aromatic N) is 2. The molecule has 2 aromatic heterocycles. The van der Waals surface area contributed by atoms with Crippen LogP contribution in [-0.2, 0) is 0 Å². The minimum atomic E-state index is 0.224. The highest BCUT2D eigenvalue weighted by Gasteiger charge is 2.12. The van der Waals surface area contributed by atoms with Gasteiger partial charge in [0.25, 0.3) is 0 Å². The first-order valence-electron chi connectivity index (χ1n) is 5.42. The zero-order valence-corrected chi connectivity index (χ0v) is 10.4. The van der Waals surface area contributed by atoms with Gasteiger partial charge in [-0.2, -0.15) is 0 Å². The SMILES string of the molecule is Cc1cnc(N)nc1-c1cc2cccc(Cl)c2o1. The Morgan fingerprint density at radius 2 is 2.17 bits per heavy atom. The molecule has 0 radical (unpaired) electrons. The van der Waals surface area contributed by atoms with Crippen LogP contribution >= 0.6 is 11.6 Å². The topological polar surface area (TPSA) is 64.9 Å². The number of para-hydroxylation sites is 1. The molecule has 3 rings (SSSR count). The molecule has 0 bridgehead atoms. The van der Waals surface area contributed by atoms with E-state index >= 15 is 0 Å². The normalized spacial score (nSPS) is 11.0. The van der Waals surface area contributed by atoms with E-state index in [-0.39, 0.29) is 5.95 Å². The lowest BCUT2D eigenvalue weighted by molar-refractivity contribution is 0.628. The molecule has 18 heavy (non-hydrogen) atoms. The van der Waals surface area contributed by atoms with Crippen LogP contribution in [0.1, 0.15) is 5.56 Å². The van der Waals surface area contributed by atoms with Gasteiger partial charge in [-0.05, 0) is 24.6 Å². The van der Waals surface area contributed by atoms with E-state index in [4.69, 9.17) is 21.8 Å². The smallest absolute Gasteiger partial charge is 0.220 e. The van der Waals surface area contributed by atoms with Gasteiger partial charge in [-0.25, -0.2) is 9.97 Å². The summed E-state index contributed by atoms with van der Waals surface area (Å²) in [5.41, 5.74) is 7.85. The van der Waals surface area contributed by atoms with E-state index in [9.17, 15) is 0 Å². The number of fused-ring (bicyclic) bond motifs is 1. The van der Waals surface area contributed by atoms with Gasteiger partial charge in [0.05, 0.1) is 5.02 Å². The molecule has 0 amide bonds. The number of aryl methyl sites for hydroxylation is 1. The Morgan fingerprint density at radius 3 is 2.94 bits per heavy atom. The highest BCUT2D eigenvalue weighted by atomic mass is 35.5. The number of aromatic nitrogens is 2. The van der Waals surface area contributed by atoms with Crippen LogP contribution in [-0.4, -0.2) is 9.97 Å². The zero-order valence-electron chi connectivity index (χ0n) is 9.64. The number of nitrogens with two attached hydrogens (primary N) is 1. The number of furan rings is 1. The summed E-state index contributed by atoms with van der Waals surface area (Å²) >= 11 is 6.08. The van der Waals surface area contributed by atoms with Gasteiger partial charge in [-0.15, -0.1) is 0 Å². The molecule has 0 fully saturated rings. The molecule has 2 N–H and O–H groups in total. The van der Waals surface area contributed by atoms with Crippen LogP contribution in [0.5, 0.6) is 0 Å². The van der Waals surface area contributed by atoms with Gasteiger partial charge in [0, 0.05) is 11.6 Å². The monoisotopic (exact) mass is 259 g/mol. The predicted molar refractivity (Wildman–Crippen MR) is 71.4 cm³/mol. The number of anilines is 1. The summed E-state index contributed by atoms with van der Waals surface area (Å²) < 4.78 is 5.74. The van der Waals surface area contributed by atoms with Crippen molar-refractivity contribution in [1.82, 2.24) is 9.97 Å². The number of halogens is 1. The Morgan fingerprint density at radius 1 is 1.33 bits per heavy atom. The van der Waals surface area contributed by atoms with Crippen molar-refractivity contribution < 1.29 is 4.42 Å². The van der Waals surface area contributed by atoms with Crippen LogP contribution in [0.2, 0.25) is 5.02 Å². The maximum Gasteiger partial charge on any atom is 0.220 e. The summed E-state index contributed by atoms with van der Waals surface area (Å²) in [5, 5.41) is 1.52. The molecule has 0 aliphatic rings. The fourth-order valence-corrected chi connectivity index (χ4v) is 2.07. The lowest BCUT2D eigenvalue weighted by Gasteiger charge is -2.01. The average Bonchev–Trinajstić information content (AvgIpc) is 2.77. The van der Waals surface area contributed by atoms with Crippen LogP contribution in [0, 0.1) is 6.92 Å². The largest absolute Gasteiger partial charge is 0.453 e. The van der Waals surface area contributed by atoms with E-state index < -0.39 is 0 Å². The van der Waals surface area contributed by atoms with Crippen molar-refractivity contribution in [3.05, 3.63) is 41.0 Å². The van der Waals surface area contributed by atoms with Gasteiger partial charge >= 0.3 is 0 Å². The predicted octanol–water partition coefficient (Wildman–Crippen LogP) is 3.43. The second-order valence-electron chi connectivity index (χ2n) is 4.03. The molecule has 1 aromatic carbocycles. The third-order valence-electron chi connectivity index (χ3n) is 2.72. The van der Waals surface area contributed by atoms with Crippen molar-refractivity contribution in [3.63, 3.8) is 0 Å². The maximum atomic E-state index is 6.08. The van der Waals surface area contributed by atoms with E-state index in [1.165, 1.54) is 0 Å². The summed E-state index contributed by atoms with van der Waals surface area (Å²) in [4.78, 5) is 8.13. The number of benzene rings is 1. The summed E-state index contributed by atoms with van der Waals surface area (Å²) in [6, 6.07) is 7.51. The minimum absolute atomic E-state index is 0.224. The van der Waals surface area contributed by atoms with Gasteiger partial charge in [0.15, 0.2) is 11.3 Å². The van der Waals surface area contributed by atoms with Gasteiger partial charge in [0.2, 0.25) is 5.95 Å². The van der Waals surface area contributed by atoms with Crippen molar-refractivity contribution in [1.29, 1.82) is 0 Å². The Balaban J connectivity index is 2.26. The molecule has 3 aromatic rings. The number of hydrogen-bond donors (Lipinski definition) is 1. The van der Waals surface area contributed by atoms with Crippen LogP contribution in [0.15, 0.2) is 34.9 Å². The molecular weight excluding hydrogens is 250 g/mol. The number of nitrogen functional groups attached to an aromatic ring is 1. The minimum Gasteiger partial charge on any atom is -0.453 e. The Kier molecular flexibility index (Phi) is 2.45. The molecule has 2 heterocycles. The first kappa shape index (κ1) is 11.0. The quantitative estimate of drug-likeness (QED) is 0.727. The number of rotatable bonds is 1. The fourth-order valence-electron chi connectivity index (χ4n) is 1.85. The molecule has 90 valence electrons. The van der Waals surface area contributed by atoms with Crippen LogP contribution in [0.3, 0.4) is 0 Å². The van der Waals surface area contributed by atoms with Crippen LogP contribution < -0.4 is 5.73 Å². The molecule has 0 atom stereocenters. The summed E-state index contributed by atoms with van der Waals surface area (Å²) in [5.74, 6) is 0.867. The second kappa shape index (κ2) is 3.99. The van der Waals surface area contributed by atoms with Crippen molar-refractivity contribution >= 4 is 28.5 Å². The summed E-state index contributed by atoms with van der Waals surface area (Å²) in [6.07, 6.45) is 1.67. The van der Waals surface area contributed by atoms with E-state index in [0.717, 1.165) is 10.9 Å². The van der Waals surface area contributed by atoms with E-state index in [0.29, 0.717) is 22.1 Å². The third-order valence-corrected chi connectivity index (χ3v) is 3.02. The highest BCUT2D eigenvalue weighted by molar-refractivity contribution is 6.34. The Bertz CT molecular complexity index is 736.